The molecule has 128 valence electrons. The quantitative estimate of drug-likeness (QED) is 0.725. The number of hydrogen-bond donors (Lipinski definition) is 1. The third kappa shape index (κ3) is 3.55. The second kappa shape index (κ2) is 6.81. The van der Waals surface area contributed by atoms with Crippen molar-refractivity contribution in [2.45, 2.75) is 19.8 Å². The molecule has 1 N–H and O–H groups in total. The molecule has 3 aromatic rings. The normalized spacial score (nSPS) is 10.9. The van der Waals surface area contributed by atoms with Gasteiger partial charge in [-0.1, -0.05) is 26.0 Å². The van der Waals surface area contributed by atoms with Crippen molar-refractivity contribution < 1.29 is 13.9 Å². The van der Waals surface area contributed by atoms with Crippen LogP contribution in [-0.2, 0) is 0 Å². The predicted octanol–water partition coefficient (Wildman–Crippen LogP) is 4.18. The van der Waals surface area contributed by atoms with Crippen molar-refractivity contribution in [2.24, 2.45) is 0 Å². The molecule has 5 heteroatoms. The van der Waals surface area contributed by atoms with E-state index in [1.165, 1.54) is 11.6 Å². The first-order chi connectivity index (χ1) is 12.0. The summed E-state index contributed by atoms with van der Waals surface area (Å²) in [6, 6.07) is 14.1. The largest absolute Gasteiger partial charge is 0.497 e. The second-order valence-corrected chi connectivity index (χ2v) is 6.08. The lowest BCUT2D eigenvalue weighted by Gasteiger charge is -2.08. The summed E-state index contributed by atoms with van der Waals surface area (Å²) >= 11 is 0. The highest BCUT2D eigenvalue weighted by Crippen LogP contribution is 2.21. The minimum Gasteiger partial charge on any atom is -0.497 e. The summed E-state index contributed by atoms with van der Waals surface area (Å²) in [7, 11) is 1.55. The van der Waals surface area contributed by atoms with Crippen molar-refractivity contribution in [3.05, 3.63) is 70.1 Å². The molecule has 3 rings (SSSR count). The van der Waals surface area contributed by atoms with Crippen LogP contribution in [0.2, 0.25) is 0 Å². The Morgan fingerprint density at radius 1 is 1.08 bits per heavy atom. The first kappa shape index (κ1) is 16.8. The van der Waals surface area contributed by atoms with Crippen molar-refractivity contribution in [3.8, 4) is 5.75 Å². The molecule has 0 spiro atoms. The average Bonchev–Trinajstić information content (AvgIpc) is 2.61. The Hall–Kier alpha value is -3.08. The fraction of sp³-hybridized carbons (Fsp3) is 0.200. The summed E-state index contributed by atoms with van der Waals surface area (Å²) < 4.78 is 10.4. The van der Waals surface area contributed by atoms with Crippen LogP contribution in [0, 0.1) is 0 Å². The van der Waals surface area contributed by atoms with Gasteiger partial charge in [0.15, 0.2) is 0 Å². The van der Waals surface area contributed by atoms with Crippen LogP contribution in [0.15, 0.2) is 57.7 Å². The number of ether oxygens (including phenoxy) is 1. The lowest BCUT2D eigenvalue weighted by Crippen LogP contribution is -2.20. The van der Waals surface area contributed by atoms with E-state index in [0.29, 0.717) is 28.3 Å². The van der Waals surface area contributed by atoms with Crippen LogP contribution in [0.1, 0.15) is 35.7 Å². The number of benzene rings is 2. The Kier molecular flexibility index (Phi) is 4.57. The molecule has 0 aliphatic carbocycles. The minimum absolute atomic E-state index is 0.0475. The number of hydrogen-bond acceptors (Lipinski definition) is 4. The smallest absolute Gasteiger partial charge is 0.349 e. The molecule has 0 unspecified atom stereocenters. The number of rotatable bonds is 4. The topological polar surface area (TPSA) is 68.5 Å². The zero-order valence-corrected chi connectivity index (χ0v) is 14.3. The van der Waals surface area contributed by atoms with Gasteiger partial charge in [-0.25, -0.2) is 4.79 Å². The van der Waals surface area contributed by atoms with Gasteiger partial charge in [-0.2, -0.15) is 0 Å². The monoisotopic (exact) mass is 337 g/mol. The minimum atomic E-state index is -0.672. The number of carbonyl (C=O) groups excluding carboxylic acids is 1. The second-order valence-electron chi connectivity index (χ2n) is 6.08. The molecule has 0 aliphatic rings. The highest BCUT2D eigenvalue weighted by molar-refractivity contribution is 6.05. The van der Waals surface area contributed by atoms with Crippen LogP contribution >= 0.6 is 0 Å². The Labute approximate surface area is 145 Å². The Balaban J connectivity index is 1.90. The molecule has 0 fully saturated rings. The van der Waals surface area contributed by atoms with Gasteiger partial charge in [0, 0.05) is 11.1 Å². The average molecular weight is 337 g/mol. The van der Waals surface area contributed by atoms with Crippen LogP contribution in [-0.4, -0.2) is 13.0 Å². The first-order valence-corrected chi connectivity index (χ1v) is 8.01. The van der Waals surface area contributed by atoms with E-state index < -0.39 is 11.5 Å². The van der Waals surface area contributed by atoms with Gasteiger partial charge < -0.3 is 14.5 Å². The molecular weight excluding hydrogens is 318 g/mol. The zero-order valence-electron chi connectivity index (χ0n) is 14.3. The predicted molar refractivity (Wildman–Crippen MR) is 97.5 cm³/mol. The molecule has 5 nitrogen and oxygen atoms in total. The molecule has 1 amide bonds. The number of methoxy groups -OCH3 is 1. The van der Waals surface area contributed by atoms with Gasteiger partial charge >= 0.3 is 5.63 Å². The maximum absolute atomic E-state index is 12.4. The van der Waals surface area contributed by atoms with E-state index in [1.54, 1.807) is 25.3 Å². The van der Waals surface area contributed by atoms with Gasteiger partial charge in [0.2, 0.25) is 0 Å². The van der Waals surface area contributed by atoms with Gasteiger partial charge in [-0.05, 0) is 47.9 Å². The number of anilines is 1. The SMILES string of the molecule is COc1ccc2oc(=O)c(C(=O)Nc3ccc(C(C)C)cc3)cc2c1. The van der Waals surface area contributed by atoms with Gasteiger partial charge in [-0.15, -0.1) is 0 Å². The fourth-order valence-electron chi connectivity index (χ4n) is 2.54. The zero-order chi connectivity index (χ0) is 18.0. The molecule has 0 saturated heterocycles. The van der Waals surface area contributed by atoms with E-state index in [-0.39, 0.29) is 5.56 Å². The number of nitrogens with one attached hydrogen (secondary N) is 1. The van der Waals surface area contributed by atoms with Crippen molar-refractivity contribution in [1.29, 1.82) is 0 Å². The van der Waals surface area contributed by atoms with Gasteiger partial charge in [-0.3, -0.25) is 4.79 Å². The molecule has 25 heavy (non-hydrogen) atoms. The molecule has 1 heterocycles. The van der Waals surface area contributed by atoms with Crippen molar-refractivity contribution >= 4 is 22.6 Å². The molecule has 0 bridgehead atoms. The lowest BCUT2D eigenvalue weighted by atomic mass is 10.0. The Morgan fingerprint density at radius 2 is 1.80 bits per heavy atom. The third-order valence-electron chi connectivity index (χ3n) is 4.02. The summed E-state index contributed by atoms with van der Waals surface area (Å²) in [6.07, 6.45) is 0. The van der Waals surface area contributed by atoms with E-state index in [4.69, 9.17) is 9.15 Å². The number of fused-ring (bicyclic) bond motifs is 1. The maximum atomic E-state index is 12.4. The summed E-state index contributed by atoms with van der Waals surface area (Å²) in [5, 5.41) is 3.35. The van der Waals surface area contributed by atoms with E-state index in [0.717, 1.165) is 0 Å². The summed E-state index contributed by atoms with van der Waals surface area (Å²) in [6.45, 7) is 4.20. The summed E-state index contributed by atoms with van der Waals surface area (Å²) in [5.74, 6) is 0.528. The van der Waals surface area contributed by atoms with E-state index >= 15 is 0 Å². The highest BCUT2D eigenvalue weighted by atomic mass is 16.5. The van der Waals surface area contributed by atoms with Gasteiger partial charge in [0.05, 0.1) is 7.11 Å². The lowest BCUT2D eigenvalue weighted by molar-refractivity contribution is 0.102. The summed E-state index contributed by atoms with van der Waals surface area (Å²) in [4.78, 5) is 24.6. The van der Waals surface area contributed by atoms with Gasteiger partial charge in [0.1, 0.15) is 16.9 Å². The molecule has 0 saturated carbocycles. The van der Waals surface area contributed by atoms with Crippen LogP contribution in [0.4, 0.5) is 5.69 Å². The molecular formula is C20H19NO4. The standard InChI is InChI=1S/C20H19NO4/c1-12(2)13-4-6-15(7-5-13)21-19(22)17-11-14-10-16(24-3)8-9-18(14)25-20(17)23/h4-12H,1-3H3,(H,21,22). The van der Waals surface area contributed by atoms with E-state index in [1.807, 2.05) is 24.3 Å². The fourth-order valence-corrected chi connectivity index (χ4v) is 2.54. The van der Waals surface area contributed by atoms with E-state index in [2.05, 4.69) is 19.2 Å². The van der Waals surface area contributed by atoms with Crippen LogP contribution in [0.25, 0.3) is 11.0 Å². The Morgan fingerprint density at radius 3 is 2.44 bits per heavy atom. The number of amides is 1. The molecule has 1 aromatic heterocycles. The molecule has 0 radical (unpaired) electrons. The maximum Gasteiger partial charge on any atom is 0.349 e. The van der Waals surface area contributed by atoms with Crippen molar-refractivity contribution in [2.75, 3.05) is 12.4 Å². The summed E-state index contributed by atoms with van der Waals surface area (Å²) in [5.41, 5.74) is 1.49. The van der Waals surface area contributed by atoms with Gasteiger partial charge in [0.25, 0.3) is 5.91 Å². The first-order valence-electron chi connectivity index (χ1n) is 8.01. The Bertz CT molecular complexity index is 971. The van der Waals surface area contributed by atoms with E-state index in [9.17, 15) is 9.59 Å². The molecule has 0 aliphatic heterocycles. The third-order valence-corrected chi connectivity index (χ3v) is 4.02. The van der Waals surface area contributed by atoms with Crippen molar-refractivity contribution in [1.82, 2.24) is 0 Å². The van der Waals surface area contributed by atoms with Crippen LogP contribution < -0.4 is 15.7 Å². The molecule has 2 aromatic carbocycles. The van der Waals surface area contributed by atoms with Crippen LogP contribution in [0.5, 0.6) is 5.75 Å². The van der Waals surface area contributed by atoms with Crippen molar-refractivity contribution in [3.63, 3.8) is 0 Å². The number of carbonyl (C=O) groups is 1. The van der Waals surface area contributed by atoms with Crippen LogP contribution in [0.3, 0.4) is 0 Å². The molecule has 0 atom stereocenters. The highest BCUT2D eigenvalue weighted by Gasteiger charge is 2.14.